The van der Waals surface area contributed by atoms with Crippen molar-refractivity contribution in [2.45, 2.75) is 18.8 Å². The zero-order valence-electron chi connectivity index (χ0n) is 13.0. The van der Waals surface area contributed by atoms with Gasteiger partial charge in [0.05, 0.1) is 13.2 Å². The second-order valence-electron chi connectivity index (χ2n) is 6.01. The minimum atomic E-state index is 0.216. The summed E-state index contributed by atoms with van der Waals surface area (Å²) in [6.07, 6.45) is 3.40. The summed E-state index contributed by atoms with van der Waals surface area (Å²) in [7, 11) is 0. The summed E-state index contributed by atoms with van der Waals surface area (Å²) in [4.78, 5) is 14.4. The highest BCUT2D eigenvalue weighted by Crippen LogP contribution is 2.28. The van der Waals surface area contributed by atoms with Gasteiger partial charge < -0.3 is 10.1 Å². The zero-order valence-corrected chi connectivity index (χ0v) is 13.0. The fourth-order valence-corrected chi connectivity index (χ4v) is 3.13. The van der Waals surface area contributed by atoms with Gasteiger partial charge in [0.1, 0.15) is 5.78 Å². The number of benzene rings is 1. The van der Waals surface area contributed by atoms with E-state index >= 15 is 0 Å². The number of Topliss-reactive ketones (excluding diaryl/α,β-unsaturated/α-hetero) is 1. The molecule has 4 nitrogen and oxygen atoms in total. The van der Waals surface area contributed by atoms with E-state index in [9.17, 15) is 4.79 Å². The number of ether oxygens (including phenoxy) is 1. The number of morpholine rings is 1. The molecule has 0 amide bonds. The number of carbonyl (C=O) groups is 1. The Balaban J connectivity index is 1.55. The molecule has 1 unspecified atom stereocenters. The first-order chi connectivity index (χ1) is 10.8. The Morgan fingerprint density at radius 3 is 2.73 bits per heavy atom. The molecule has 1 aliphatic heterocycles. The van der Waals surface area contributed by atoms with Gasteiger partial charge in [0.15, 0.2) is 0 Å². The third-order valence-corrected chi connectivity index (χ3v) is 4.35. The molecule has 1 aromatic rings. The molecule has 1 fully saturated rings. The Bertz CT molecular complexity index is 521. The maximum absolute atomic E-state index is 12.0. The Morgan fingerprint density at radius 2 is 1.95 bits per heavy atom. The Morgan fingerprint density at radius 1 is 1.18 bits per heavy atom. The number of hydrogen-bond acceptors (Lipinski definition) is 4. The minimum Gasteiger partial charge on any atom is -0.387 e. The summed E-state index contributed by atoms with van der Waals surface area (Å²) in [5.41, 5.74) is 2.31. The second kappa shape index (κ2) is 7.56. The third kappa shape index (κ3) is 4.18. The van der Waals surface area contributed by atoms with Gasteiger partial charge in [-0.15, -0.1) is 0 Å². The maximum atomic E-state index is 12.0. The van der Waals surface area contributed by atoms with E-state index < -0.39 is 0 Å². The van der Waals surface area contributed by atoms with Crippen LogP contribution in [0.15, 0.2) is 42.1 Å². The lowest BCUT2D eigenvalue weighted by Crippen LogP contribution is -2.40. The normalized spacial score (nSPS) is 23.2. The van der Waals surface area contributed by atoms with Crippen LogP contribution in [0.3, 0.4) is 0 Å². The van der Waals surface area contributed by atoms with Crippen LogP contribution in [0.2, 0.25) is 0 Å². The molecule has 118 valence electrons. The van der Waals surface area contributed by atoms with Crippen LogP contribution in [-0.2, 0) is 9.53 Å². The Kier molecular flexibility index (Phi) is 5.24. The molecule has 1 atom stereocenters. The van der Waals surface area contributed by atoms with E-state index in [1.54, 1.807) is 0 Å². The number of carbonyl (C=O) groups excluding carboxylic acids is 1. The van der Waals surface area contributed by atoms with Gasteiger partial charge >= 0.3 is 0 Å². The van der Waals surface area contributed by atoms with E-state index in [1.807, 2.05) is 18.2 Å². The smallest absolute Gasteiger partial charge is 0.139 e. The quantitative estimate of drug-likeness (QED) is 0.902. The molecule has 0 radical (unpaired) electrons. The molecule has 1 aromatic carbocycles. The largest absolute Gasteiger partial charge is 0.387 e. The predicted octanol–water partition coefficient (Wildman–Crippen LogP) is 1.94. The van der Waals surface area contributed by atoms with Crippen molar-refractivity contribution < 1.29 is 9.53 Å². The van der Waals surface area contributed by atoms with Crippen molar-refractivity contribution in [3.8, 4) is 0 Å². The number of rotatable bonds is 5. The van der Waals surface area contributed by atoms with E-state index in [0.717, 1.165) is 45.1 Å². The molecule has 0 aromatic heterocycles. The van der Waals surface area contributed by atoms with Crippen LogP contribution >= 0.6 is 0 Å². The lowest BCUT2D eigenvalue weighted by molar-refractivity contribution is -0.119. The molecule has 1 heterocycles. The molecule has 4 heteroatoms. The molecule has 22 heavy (non-hydrogen) atoms. The van der Waals surface area contributed by atoms with Crippen molar-refractivity contribution in [3.63, 3.8) is 0 Å². The van der Waals surface area contributed by atoms with Gasteiger partial charge in [-0.25, -0.2) is 0 Å². The summed E-state index contributed by atoms with van der Waals surface area (Å²) in [6.45, 7) is 5.57. The number of nitrogens with zero attached hydrogens (tertiary/aromatic N) is 1. The highest BCUT2D eigenvalue weighted by molar-refractivity contribution is 5.83. The summed E-state index contributed by atoms with van der Waals surface area (Å²) in [6, 6.07) is 10.3. The lowest BCUT2D eigenvalue weighted by Gasteiger charge is -2.27. The first-order valence-corrected chi connectivity index (χ1v) is 8.12. The van der Waals surface area contributed by atoms with Crippen LogP contribution in [0, 0.1) is 0 Å². The van der Waals surface area contributed by atoms with Gasteiger partial charge in [-0.1, -0.05) is 36.4 Å². The van der Waals surface area contributed by atoms with E-state index in [2.05, 4.69) is 28.4 Å². The van der Waals surface area contributed by atoms with Crippen LogP contribution in [0.1, 0.15) is 24.3 Å². The summed E-state index contributed by atoms with van der Waals surface area (Å²) < 4.78 is 5.36. The molecule has 2 aliphatic rings. The van der Waals surface area contributed by atoms with Crippen LogP contribution in [-0.4, -0.2) is 50.1 Å². The lowest BCUT2D eigenvalue weighted by atomic mass is 9.87. The number of ketones is 1. The van der Waals surface area contributed by atoms with Gasteiger partial charge in [0, 0.05) is 50.6 Å². The molecule has 0 spiro atoms. The van der Waals surface area contributed by atoms with E-state index in [4.69, 9.17) is 4.74 Å². The molecule has 1 N–H and O–H groups in total. The van der Waals surface area contributed by atoms with Crippen molar-refractivity contribution in [2.75, 3.05) is 39.4 Å². The topological polar surface area (TPSA) is 41.6 Å². The summed E-state index contributed by atoms with van der Waals surface area (Å²) in [5.74, 6) is 0.540. The number of allylic oxidation sites excluding steroid dienone is 2. The van der Waals surface area contributed by atoms with Crippen molar-refractivity contribution in [1.29, 1.82) is 0 Å². The minimum absolute atomic E-state index is 0.216. The van der Waals surface area contributed by atoms with Crippen molar-refractivity contribution in [3.05, 3.63) is 47.7 Å². The van der Waals surface area contributed by atoms with Gasteiger partial charge in [-0.2, -0.15) is 0 Å². The molecule has 0 saturated carbocycles. The van der Waals surface area contributed by atoms with Gasteiger partial charge in [0.25, 0.3) is 0 Å². The average Bonchev–Trinajstić information content (AvgIpc) is 2.56. The highest BCUT2D eigenvalue weighted by Gasteiger charge is 2.21. The zero-order chi connectivity index (χ0) is 15.2. The fourth-order valence-electron chi connectivity index (χ4n) is 3.13. The molecule has 3 rings (SSSR count). The van der Waals surface area contributed by atoms with Crippen LogP contribution in [0.5, 0.6) is 0 Å². The number of hydrogen-bond donors (Lipinski definition) is 1. The summed E-state index contributed by atoms with van der Waals surface area (Å²) >= 11 is 0. The highest BCUT2D eigenvalue weighted by atomic mass is 16.5. The van der Waals surface area contributed by atoms with Gasteiger partial charge in [0.2, 0.25) is 0 Å². The molecular weight excluding hydrogens is 276 g/mol. The molecule has 1 saturated heterocycles. The average molecular weight is 300 g/mol. The summed E-state index contributed by atoms with van der Waals surface area (Å²) in [5, 5.41) is 3.46. The molecular formula is C18H24N2O2. The van der Waals surface area contributed by atoms with Crippen molar-refractivity contribution >= 4 is 5.78 Å². The monoisotopic (exact) mass is 300 g/mol. The van der Waals surface area contributed by atoms with Gasteiger partial charge in [-0.05, 0) is 5.56 Å². The maximum Gasteiger partial charge on any atom is 0.139 e. The third-order valence-electron chi connectivity index (χ3n) is 4.35. The van der Waals surface area contributed by atoms with Crippen molar-refractivity contribution in [1.82, 2.24) is 10.2 Å². The van der Waals surface area contributed by atoms with Crippen LogP contribution in [0.4, 0.5) is 0 Å². The Labute approximate surface area is 132 Å². The van der Waals surface area contributed by atoms with E-state index in [-0.39, 0.29) is 5.92 Å². The van der Waals surface area contributed by atoms with E-state index in [1.165, 1.54) is 5.56 Å². The van der Waals surface area contributed by atoms with Crippen molar-refractivity contribution in [2.24, 2.45) is 0 Å². The second-order valence-corrected chi connectivity index (χ2v) is 6.01. The first-order valence-electron chi connectivity index (χ1n) is 8.12. The molecule has 0 bridgehead atoms. The fraction of sp³-hybridized carbons (Fsp3) is 0.500. The molecule has 1 aliphatic carbocycles. The first kappa shape index (κ1) is 15.3. The SMILES string of the molecule is O=C1CC(NCCN2CCOCC2)=CC(c2ccccc2)C1. The van der Waals surface area contributed by atoms with Crippen LogP contribution in [0.25, 0.3) is 0 Å². The Hall–Kier alpha value is -1.65. The standard InChI is InChI=1S/C18H24N2O2/c21-18-13-16(15-4-2-1-3-5-15)12-17(14-18)19-6-7-20-8-10-22-11-9-20/h1-5,12,16,19H,6-11,13-14H2. The predicted molar refractivity (Wildman–Crippen MR) is 86.8 cm³/mol. The number of nitrogens with one attached hydrogen (secondary N) is 1. The van der Waals surface area contributed by atoms with Crippen LogP contribution < -0.4 is 5.32 Å². The van der Waals surface area contributed by atoms with Gasteiger partial charge in [-0.3, -0.25) is 9.69 Å². The van der Waals surface area contributed by atoms with E-state index in [0.29, 0.717) is 18.6 Å².